The van der Waals surface area contributed by atoms with E-state index in [1.165, 1.54) is 6.20 Å². The van der Waals surface area contributed by atoms with Crippen LogP contribution in [0, 0.1) is 11.6 Å². The fourth-order valence-electron chi connectivity index (χ4n) is 3.52. The van der Waals surface area contributed by atoms with Crippen LogP contribution >= 0.6 is 11.6 Å². The Balaban J connectivity index is 1.46. The van der Waals surface area contributed by atoms with Crippen molar-refractivity contribution in [2.24, 2.45) is 0 Å². The summed E-state index contributed by atoms with van der Waals surface area (Å²) >= 11 is 5.84. The molecule has 13 heteroatoms. The highest BCUT2D eigenvalue weighted by Crippen LogP contribution is 2.28. The van der Waals surface area contributed by atoms with Crippen LogP contribution in [0.15, 0.2) is 42.6 Å². The first-order valence-corrected chi connectivity index (χ1v) is 13.0. The average Bonchev–Trinajstić information content (AvgIpc) is 2.87. The number of ether oxygens (including phenoxy) is 2. The van der Waals surface area contributed by atoms with Crippen molar-refractivity contribution in [1.82, 2.24) is 14.9 Å². The van der Waals surface area contributed by atoms with Crippen molar-refractivity contribution in [3.8, 4) is 17.1 Å². The molecule has 0 radical (unpaired) electrons. The third-order valence-electron chi connectivity index (χ3n) is 5.47. The molecule has 1 aliphatic rings. The van der Waals surface area contributed by atoms with E-state index in [0.29, 0.717) is 49.8 Å². The van der Waals surface area contributed by atoms with Crippen molar-refractivity contribution in [1.29, 1.82) is 0 Å². The van der Waals surface area contributed by atoms with Gasteiger partial charge in [-0.1, -0.05) is 23.7 Å². The zero-order valence-corrected chi connectivity index (χ0v) is 20.7. The van der Waals surface area contributed by atoms with E-state index >= 15 is 0 Å². The van der Waals surface area contributed by atoms with Gasteiger partial charge < -0.3 is 15.2 Å². The molecule has 2 aromatic carbocycles. The monoisotopic (exact) mass is 539 g/mol. The number of halogens is 3. The lowest BCUT2D eigenvalue weighted by Gasteiger charge is -2.26. The minimum atomic E-state index is -3.59. The Morgan fingerprint density at radius 3 is 2.69 bits per heavy atom. The third-order valence-corrected chi connectivity index (χ3v) is 7.15. The lowest BCUT2D eigenvalue weighted by atomic mass is 10.1. The van der Waals surface area contributed by atoms with Crippen LogP contribution in [0.25, 0.3) is 11.3 Å². The number of nitrogen functional groups attached to an aromatic ring is 1. The van der Waals surface area contributed by atoms with E-state index in [4.69, 9.17) is 26.8 Å². The Hall–Kier alpha value is -3.06. The highest BCUT2D eigenvalue weighted by atomic mass is 35.5. The van der Waals surface area contributed by atoms with Crippen LogP contribution in [0.3, 0.4) is 0 Å². The maximum Gasteiger partial charge on any atom is 0.258 e. The van der Waals surface area contributed by atoms with Crippen molar-refractivity contribution in [2.75, 3.05) is 49.1 Å². The van der Waals surface area contributed by atoms with E-state index in [9.17, 15) is 17.2 Å². The molecule has 1 aliphatic heterocycles. The Morgan fingerprint density at radius 2 is 1.92 bits per heavy atom. The summed E-state index contributed by atoms with van der Waals surface area (Å²) in [7, 11) is -3.59. The quantitative estimate of drug-likeness (QED) is 0.397. The summed E-state index contributed by atoms with van der Waals surface area (Å²) in [6.07, 6.45) is 1.39. The molecule has 1 saturated heterocycles. The second-order valence-electron chi connectivity index (χ2n) is 8.01. The standard InChI is InChI=1S/C23H24ClF2N5O4S/c24-21-17(18(25)4-5-19(21)26)14-35-23-22(27)28-13-20(29-23)15-2-1-3-16(12-15)30-36(32,33)11-8-31-6-9-34-10-7-31/h1-5,12-13,30H,6-11,14H2,(H2,27,28). The molecule has 0 atom stereocenters. The molecular weight excluding hydrogens is 516 g/mol. The molecule has 4 rings (SSSR count). The number of benzene rings is 2. The van der Waals surface area contributed by atoms with Gasteiger partial charge in [-0.2, -0.15) is 0 Å². The van der Waals surface area contributed by atoms with Gasteiger partial charge in [0.1, 0.15) is 18.2 Å². The molecular formula is C23H24ClF2N5O4S. The van der Waals surface area contributed by atoms with Gasteiger partial charge >= 0.3 is 0 Å². The maximum atomic E-state index is 14.1. The average molecular weight is 540 g/mol. The van der Waals surface area contributed by atoms with E-state index in [0.717, 1.165) is 12.1 Å². The third kappa shape index (κ3) is 6.58. The van der Waals surface area contributed by atoms with Gasteiger partial charge in [-0.05, 0) is 24.3 Å². The Morgan fingerprint density at radius 1 is 1.17 bits per heavy atom. The summed E-state index contributed by atoms with van der Waals surface area (Å²) in [4.78, 5) is 10.4. The van der Waals surface area contributed by atoms with Crippen LogP contribution in [0.1, 0.15) is 5.56 Å². The smallest absolute Gasteiger partial charge is 0.258 e. The van der Waals surface area contributed by atoms with Gasteiger partial charge in [0.05, 0.1) is 35.9 Å². The Labute approximate surface area is 212 Å². The molecule has 0 saturated carbocycles. The van der Waals surface area contributed by atoms with Crippen LogP contribution in [0.5, 0.6) is 5.88 Å². The summed E-state index contributed by atoms with van der Waals surface area (Å²) in [6.45, 7) is 2.56. The van der Waals surface area contributed by atoms with Gasteiger partial charge in [0.15, 0.2) is 5.82 Å². The summed E-state index contributed by atoms with van der Waals surface area (Å²) in [6, 6.07) is 8.44. The first-order chi connectivity index (χ1) is 17.2. The van der Waals surface area contributed by atoms with Crippen molar-refractivity contribution in [3.63, 3.8) is 0 Å². The molecule has 0 spiro atoms. The molecule has 1 fully saturated rings. The molecule has 0 unspecified atom stereocenters. The first-order valence-electron chi connectivity index (χ1n) is 11.0. The summed E-state index contributed by atoms with van der Waals surface area (Å²) in [5.74, 6) is -1.75. The fourth-order valence-corrected chi connectivity index (χ4v) is 4.81. The summed E-state index contributed by atoms with van der Waals surface area (Å²) < 4.78 is 66.3. The Bertz CT molecular complexity index is 1340. The summed E-state index contributed by atoms with van der Waals surface area (Å²) in [5, 5.41) is -0.397. The van der Waals surface area contributed by atoms with Gasteiger partial charge in [-0.15, -0.1) is 0 Å². The number of morpholine rings is 1. The Kier molecular flexibility index (Phi) is 8.19. The lowest BCUT2D eigenvalue weighted by Crippen LogP contribution is -2.39. The number of hydrogen-bond donors (Lipinski definition) is 2. The number of sulfonamides is 1. The van der Waals surface area contributed by atoms with Gasteiger partial charge in [0.2, 0.25) is 10.0 Å². The molecule has 192 valence electrons. The number of aromatic nitrogens is 2. The predicted molar refractivity (Wildman–Crippen MR) is 132 cm³/mol. The number of nitrogens with zero attached hydrogens (tertiary/aromatic N) is 3. The first kappa shape index (κ1) is 26.0. The van der Waals surface area contributed by atoms with Crippen LogP contribution in [-0.4, -0.2) is 61.9 Å². The van der Waals surface area contributed by atoms with Crippen LogP contribution in [0.4, 0.5) is 20.3 Å². The second-order valence-corrected chi connectivity index (χ2v) is 10.2. The van der Waals surface area contributed by atoms with Crippen molar-refractivity contribution < 1.29 is 26.7 Å². The van der Waals surface area contributed by atoms with Crippen molar-refractivity contribution >= 4 is 33.1 Å². The molecule has 1 aromatic heterocycles. The summed E-state index contributed by atoms with van der Waals surface area (Å²) in [5.41, 5.74) is 6.88. The maximum absolute atomic E-state index is 14.1. The molecule has 3 N–H and O–H groups in total. The predicted octanol–water partition coefficient (Wildman–Crippen LogP) is 3.31. The van der Waals surface area contributed by atoms with Crippen molar-refractivity contribution in [3.05, 3.63) is 64.8 Å². The number of rotatable bonds is 9. The molecule has 2 heterocycles. The van der Waals surface area contributed by atoms with Gasteiger partial charge in [0, 0.05) is 36.4 Å². The number of anilines is 2. The topological polar surface area (TPSA) is 120 Å². The zero-order chi connectivity index (χ0) is 25.7. The van der Waals surface area contributed by atoms with E-state index < -0.39 is 33.3 Å². The minimum Gasteiger partial charge on any atom is -0.470 e. The number of hydrogen-bond acceptors (Lipinski definition) is 8. The van der Waals surface area contributed by atoms with Gasteiger partial charge in [-0.3, -0.25) is 9.62 Å². The van der Waals surface area contributed by atoms with Crippen LogP contribution in [0.2, 0.25) is 5.02 Å². The molecule has 36 heavy (non-hydrogen) atoms. The van der Waals surface area contributed by atoms with Crippen molar-refractivity contribution in [2.45, 2.75) is 6.61 Å². The van der Waals surface area contributed by atoms with Gasteiger partial charge in [0.25, 0.3) is 5.88 Å². The molecule has 3 aromatic rings. The number of nitrogens with one attached hydrogen (secondary N) is 1. The minimum absolute atomic E-state index is 0.0594. The largest absolute Gasteiger partial charge is 0.470 e. The highest BCUT2D eigenvalue weighted by Gasteiger charge is 2.18. The van der Waals surface area contributed by atoms with Crippen LogP contribution < -0.4 is 15.2 Å². The molecule has 0 amide bonds. The number of nitrogens with two attached hydrogens (primary N) is 1. The van der Waals surface area contributed by atoms with E-state index in [1.54, 1.807) is 24.3 Å². The normalized spacial score (nSPS) is 14.5. The fraction of sp³-hybridized carbons (Fsp3) is 0.304. The SMILES string of the molecule is Nc1ncc(-c2cccc(NS(=O)(=O)CCN3CCOCC3)c2)nc1OCc1c(F)ccc(F)c1Cl. The highest BCUT2D eigenvalue weighted by molar-refractivity contribution is 7.92. The zero-order valence-electron chi connectivity index (χ0n) is 19.1. The molecule has 0 bridgehead atoms. The van der Waals surface area contributed by atoms with E-state index in [-0.39, 0.29) is 23.0 Å². The molecule has 0 aliphatic carbocycles. The lowest BCUT2D eigenvalue weighted by molar-refractivity contribution is 0.0408. The van der Waals surface area contributed by atoms with Gasteiger partial charge in [-0.25, -0.2) is 27.2 Å². The van der Waals surface area contributed by atoms with E-state index in [2.05, 4.69) is 14.7 Å². The van der Waals surface area contributed by atoms with Crippen LogP contribution in [-0.2, 0) is 21.4 Å². The molecule has 9 nitrogen and oxygen atoms in total. The van der Waals surface area contributed by atoms with E-state index in [1.807, 2.05) is 4.90 Å². The second kappa shape index (κ2) is 11.3.